The van der Waals surface area contributed by atoms with Crippen molar-refractivity contribution in [2.75, 3.05) is 0 Å². The zero-order valence-electron chi connectivity index (χ0n) is 10.9. The minimum absolute atomic E-state index is 0.00387. The van der Waals surface area contributed by atoms with E-state index in [9.17, 15) is 10.1 Å². The second-order valence-electron chi connectivity index (χ2n) is 4.16. The van der Waals surface area contributed by atoms with Crippen molar-refractivity contribution in [3.63, 3.8) is 0 Å². The average molecular weight is 366 g/mol. The molecule has 0 bridgehead atoms. The standard InChI is InChI=1S/C13H8BrN3O5/c14-11-6-5-10(21-11)13-15-12(22-16-13)7-20-9-3-1-8(2-4-9)17(18)19/h1-6H,7H2. The van der Waals surface area contributed by atoms with Gasteiger partial charge < -0.3 is 13.7 Å². The number of ether oxygens (including phenoxy) is 1. The highest BCUT2D eigenvalue weighted by Crippen LogP contribution is 2.23. The fourth-order valence-electron chi connectivity index (χ4n) is 1.66. The van der Waals surface area contributed by atoms with Crippen molar-refractivity contribution in [3.05, 3.63) is 57.1 Å². The van der Waals surface area contributed by atoms with Gasteiger partial charge in [-0.1, -0.05) is 5.16 Å². The molecule has 9 heteroatoms. The minimum Gasteiger partial charge on any atom is -0.484 e. The number of aromatic nitrogens is 2. The van der Waals surface area contributed by atoms with Gasteiger partial charge in [0.25, 0.3) is 11.6 Å². The van der Waals surface area contributed by atoms with E-state index in [2.05, 4.69) is 26.1 Å². The summed E-state index contributed by atoms with van der Waals surface area (Å²) >= 11 is 3.19. The van der Waals surface area contributed by atoms with Gasteiger partial charge in [-0.15, -0.1) is 0 Å². The summed E-state index contributed by atoms with van der Waals surface area (Å²) in [5, 5.41) is 14.3. The first kappa shape index (κ1) is 14.3. The molecular weight excluding hydrogens is 358 g/mol. The molecule has 0 saturated heterocycles. The van der Waals surface area contributed by atoms with Crippen LogP contribution < -0.4 is 4.74 Å². The number of hydrogen-bond acceptors (Lipinski definition) is 7. The zero-order chi connectivity index (χ0) is 15.5. The number of nitro benzene ring substituents is 1. The molecule has 0 saturated carbocycles. The minimum atomic E-state index is -0.477. The Labute approximate surface area is 132 Å². The molecular formula is C13H8BrN3O5. The number of nitrogens with zero attached hydrogens (tertiary/aromatic N) is 3. The number of furan rings is 1. The van der Waals surface area contributed by atoms with Crippen LogP contribution in [0.3, 0.4) is 0 Å². The molecule has 22 heavy (non-hydrogen) atoms. The molecule has 0 aliphatic heterocycles. The number of non-ortho nitro benzene ring substituents is 1. The van der Waals surface area contributed by atoms with E-state index in [1.807, 2.05) is 0 Å². The Morgan fingerprint density at radius 2 is 2.00 bits per heavy atom. The van der Waals surface area contributed by atoms with E-state index in [-0.39, 0.29) is 18.2 Å². The molecule has 0 aliphatic carbocycles. The lowest BCUT2D eigenvalue weighted by Crippen LogP contribution is -1.96. The highest BCUT2D eigenvalue weighted by molar-refractivity contribution is 9.10. The Hall–Kier alpha value is -2.68. The molecule has 0 spiro atoms. The molecule has 2 aromatic heterocycles. The maximum absolute atomic E-state index is 10.6. The molecule has 0 amide bonds. The summed E-state index contributed by atoms with van der Waals surface area (Å²) in [5.41, 5.74) is -0.00387. The van der Waals surface area contributed by atoms with Crippen LogP contribution in [0, 0.1) is 10.1 Å². The maximum Gasteiger partial charge on any atom is 0.269 e. The number of rotatable bonds is 5. The van der Waals surface area contributed by atoms with E-state index < -0.39 is 4.92 Å². The van der Waals surface area contributed by atoms with Crippen molar-refractivity contribution in [2.24, 2.45) is 0 Å². The maximum atomic E-state index is 10.6. The predicted molar refractivity (Wildman–Crippen MR) is 77.1 cm³/mol. The molecule has 0 radical (unpaired) electrons. The molecule has 8 nitrogen and oxygen atoms in total. The second kappa shape index (κ2) is 5.98. The zero-order valence-corrected chi connectivity index (χ0v) is 12.5. The van der Waals surface area contributed by atoms with E-state index >= 15 is 0 Å². The second-order valence-corrected chi connectivity index (χ2v) is 4.94. The number of hydrogen-bond donors (Lipinski definition) is 0. The van der Waals surface area contributed by atoms with Crippen molar-refractivity contribution in [1.29, 1.82) is 0 Å². The van der Waals surface area contributed by atoms with Gasteiger partial charge >= 0.3 is 0 Å². The Morgan fingerprint density at radius 3 is 2.64 bits per heavy atom. The van der Waals surface area contributed by atoms with Gasteiger partial charge in [0.15, 0.2) is 17.0 Å². The van der Waals surface area contributed by atoms with Crippen molar-refractivity contribution < 1.29 is 18.6 Å². The third kappa shape index (κ3) is 3.14. The highest BCUT2D eigenvalue weighted by Gasteiger charge is 2.13. The third-order valence-corrected chi connectivity index (χ3v) is 3.10. The fourth-order valence-corrected chi connectivity index (χ4v) is 1.96. The van der Waals surface area contributed by atoms with Gasteiger partial charge in [0, 0.05) is 12.1 Å². The lowest BCUT2D eigenvalue weighted by atomic mass is 10.3. The van der Waals surface area contributed by atoms with Gasteiger partial charge in [-0.25, -0.2) is 0 Å². The molecule has 0 N–H and O–H groups in total. The molecule has 2 heterocycles. The van der Waals surface area contributed by atoms with E-state index in [4.69, 9.17) is 13.7 Å². The molecule has 0 fully saturated rings. The van der Waals surface area contributed by atoms with E-state index in [1.165, 1.54) is 24.3 Å². The van der Waals surface area contributed by atoms with Crippen molar-refractivity contribution in [3.8, 4) is 17.3 Å². The first-order valence-electron chi connectivity index (χ1n) is 6.07. The van der Waals surface area contributed by atoms with Crippen LogP contribution in [0.2, 0.25) is 0 Å². The average Bonchev–Trinajstić information content (AvgIpc) is 3.14. The van der Waals surface area contributed by atoms with Crippen molar-refractivity contribution in [2.45, 2.75) is 6.61 Å². The molecule has 0 aliphatic rings. The number of nitro groups is 1. The SMILES string of the molecule is O=[N+]([O-])c1ccc(OCc2nc(-c3ccc(Br)o3)no2)cc1. The van der Waals surface area contributed by atoms with Crippen molar-refractivity contribution >= 4 is 21.6 Å². The Morgan fingerprint density at radius 1 is 1.23 bits per heavy atom. The number of benzene rings is 1. The predicted octanol–water partition coefficient (Wildman–Crippen LogP) is 3.58. The van der Waals surface area contributed by atoms with Gasteiger partial charge in [-0.2, -0.15) is 4.98 Å². The Balaban J connectivity index is 1.64. The molecule has 0 atom stereocenters. The van der Waals surface area contributed by atoms with Crippen LogP contribution in [0.4, 0.5) is 5.69 Å². The lowest BCUT2D eigenvalue weighted by Gasteiger charge is -2.01. The van der Waals surface area contributed by atoms with Gasteiger partial charge in [0.2, 0.25) is 5.82 Å². The quantitative estimate of drug-likeness (QED) is 0.502. The first-order valence-corrected chi connectivity index (χ1v) is 6.86. The molecule has 3 rings (SSSR count). The van der Waals surface area contributed by atoms with Gasteiger partial charge in [0.05, 0.1) is 4.92 Å². The molecule has 0 unspecified atom stereocenters. The van der Waals surface area contributed by atoms with Crippen LogP contribution in [-0.2, 0) is 6.61 Å². The Kier molecular flexibility index (Phi) is 3.88. The summed E-state index contributed by atoms with van der Waals surface area (Å²) in [6.45, 7) is 0.0483. The highest BCUT2D eigenvalue weighted by atomic mass is 79.9. The van der Waals surface area contributed by atoms with Crippen LogP contribution in [0.5, 0.6) is 5.75 Å². The normalized spacial score (nSPS) is 10.6. The summed E-state index contributed by atoms with van der Waals surface area (Å²) in [7, 11) is 0. The van der Waals surface area contributed by atoms with Gasteiger partial charge in [0.1, 0.15) is 5.75 Å². The van der Waals surface area contributed by atoms with E-state index in [0.29, 0.717) is 22.0 Å². The Bertz CT molecular complexity index is 796. The van der Waals surface area contributed by atoms with Crippen LogP contribution in [0.1, 0.15) is 5.89 Å². The summed E-state index contributed by atoms with van der Waals surface area (Å²) in [6, 6.07) is 9.14. The van der Waals surface area contributed by atoms with Crippen LogP contribution >= 0.6 is 15.9 Å². The first-order chi connectivity index (χ1) is 10.6. The number of halogens is 1. The summed E-state index contributed by atoms with van der Waals surface area (Å²) in [4.78, 5) is 14.2. The summed E-state index contributed by atoms with van der Waals surface area (Å²) in [5.74, 6) is 1.51. The molecule has 112 valence electrons. The summed E-state index contributed by atoms with van der Waals surface area (Å²) in [6.07, 6.45) is 0. The topological polar surface area (TPSA) is 104 Å². The van der Waals surface area contributed by atoms with E-state index in [1.54, 1.807) is 12.1 Å². The lowest BCUT2D eigenvalue weighted by molar-refractivity contribution is -0.384. The van der Waals surface area contributed by atoms with Crippen molar-refractivity contribution in [1.82, 2.24) is 10.1 Å². The van der Waals surface area contributed by atoms with E-state index in [0.717, 1.165) is 0 Å². The largest absolute Gasteiger partial charge is 0.484 e. The van der Waals surface area contributed by atoms with Crippen LogP contribution in [-0.4, -0.2) is 15.1 Å². The third-order valence-electron chi connectivity index (χ3n) is 2.67. The van der Waals surface area contributed by atoms with Gasteiger partial charge in [-0.3, -0.25) is 10.1 Å². The molecule has 1 aromatic carbocycles. The molecule has 3 aromatic rings. The monoisotopic (exact) mass is 365 g/mol. The van der Waals surface area contributed by atoms with Crippen LogP contribution in [0.25, 0.3) is 11.6 Å². The van der Waals surface area contributed by atoms with Gasteiger partial charge in [-0.05, 0) is 40.2 Å². The summed E-state index contributed by atoms with van der Waals surface area (Å²) < 4.78 is 16.3. The fraction of sp³-hybridized carbons (Fsp3) is 0.0769. The smallest absolute Gasteiger partial charge is 0.269 e. The van der Waals surface area contributed by atoms with Crippen LogP contribution in [0.15, 0.2) is 50.0 Å².